The molecule has 0 aromatic carbocycles. The van der Waals surface area contributed by atoms with Gasteiger partial charge in [0.25, 0.3) is 5.91 Å². The third-order valence-corrected chi connectivity index (χ3v) is 3.98. The Bertz CT molecular complexity index is 526. The van der Waals surface area contributed by atoms with Crippen LogP contribution < -0.4 is 16.0 Å². The molecule has 140 valence electrons. The Hall–Kier alpha value is -2.07. The van der Waals surface area contributed by atoms with Gasteiger partial charge in [-0.25, -0.2) is 4.79 Å². The fourth-order valence-corrected chi connectivity index (χ4v) is 2.36. The fraction of sp³-hybridized carbons (Fsp3) is 0.600. The average Bonchev–Trinajstić information content (AvgIpc) is 2.95. The Morgan fingerprint density at radius 3 is 2.64 bits per heavy atom. The molecule has 0 aromatic rings. The van der Waals surface area contributed by atoms with Crippen LogP contribution >= 0.6 is 11.8 Å². The topological polar surface area (TPSA) is 117 Å². The zero-order chi connectivity index (χ0) is 18.7. The number of nitrogens with one attached hydrogen (secondary N) is 3. The second-order valence-electron chi connectivity index (χ2n) is 5.33. The summed E-state index contributed by atoms with van der Waals surface area (Å²) in [7, 11) is 0. The molecule has 1 fully saturated rings. The molecular weight excluding hydrogens is 348 g/mol. The lowest BCUT2D eigenvalue weighted by atomic mass is 10.4. The Labute approximate surface area is 150 Å². The molecule has 3 N–H and O–H groups in total. The largest absolute Gasteiger partial charge is 0.387 e. The van der Waals surface area contributed by atoms with Gasteiger partial charge in [0, 0.05) is 37.9 Å². The summed E-state index contributed by atoms with van der Waals surface area (Å²) in [5, 5.41) is 9.40. The van der Waals surface area contributed by atoms with E-state index in [1.165, 1.54) is 18.7 Å². The van der Waals surface area contributed by atoms with Gasteiger partial charge in [-0.1, -0.05) is 18.3 Å². The first-order valence-electron chi connectivity index (χ1n) is 7.92. The minimum Gasteiger partial charge on any atom is -0.387 e. The summed E-state index contributed by atoms with van der Waals surface area (Å²) in [5.74, 6) is -0.741. The second kappa shape index (κ2) is 11.5. The van der Waals surface area contributed by atoms with E-state index in [0.717, 1.165) is 10.8 Å². The maximum absolute atomic E-state index is 11.6. The number of thioether (sulfide) groups is 1. The zero-order valence-electron chi connectivity index (χ0n) is 14.3. The van der Waals surface area contributed by atoms with Gasteiger partial charge in [0.05, 0.1) is 13.1 Å². The lowest BCUT2D eigenvalue weighted by Gasteiger charge is -2.14. The number of nitrogens with zero attached hydrogens (tertiary/aromatic N) is 1. The maximum atomic E-state index is 11.6. The summed E-state index contributed by atoms with van der Waals surface area (Å²) >= 11 is 1.17. The van der Waals surface area contributed by atoms with Crippen LogP contribution in [0.1, 0.15) is 19.8 Å². The van der Waals surface area contributed by atoms with E-state index in [9.17, 15) is 19.2 Å². The first kappa shape index (κ1) is 21.0. The summed E-state index contributed by atoms with van der Waals surface area (Å²) < 4.78 is 0. The van der Waals surface area contributed by atoms with Crippen LogP contribution in [0, 0.1) is 0 Å². The first-order chi connectivity index (χ1) is 11.9. The van der Waals surface area contributed by atoms with Crippen LogP contribution in [-0.2, 0) is 24.0 Å². The van der Waals surface area contributed by atoms with Crippen LogP contribution in [0.3, 0.4) is 0 Å². The van der Waals surface area contributed by atoms with Crippen LogP contribution in [-0.4, -0.2) is 66.4 Å². The van der Waals surface area contributed by atoms with Crippen molar-refractivity contribution in [1.82, 2.24) is 21.0 Å². The molecule has 1 aliphatic heterocycles. The van der Waals surface area contributed by atoms with Gasteiger partial charge in [-0.05, 0) is 6.42 Å². The molecule has 1 heterocycles. The zero-order valence-corrected chi connectivity index (χ0v) is 15.1. The summed E-state index contributed by atoms with van der Waals surface area (Å²) in [6, 6.07) is 0. The van der Waals surface area contributed by atoms with Gasteiger partial charge in [-0.3, -0.25) is 14.4 Å². The van der Waals surface area contributed by atoms with Crippen molar-refractivity contribution in [3.05, 3.63) is 12.3 Å². The van der Waals surface area contributed by atoms with E-state index >= 15 is 0 Å². The molecule has 0 spiro atoms. The predicted octanol–water partition coefficient (Wildman–Crippen LogP) is -0.844. The van der Waals surface area contributed by atoms with Crippen molar-refractivity contribution in [2.45, 2.75) is 19.8 Å². The van der Waals surface area contributed by atoms with E-state index < -0.39 is 5.97 Å². The summed E-state index contributed by atoms with van der Waals surface area (Å²) in [6.07, 6.45) is 1.04. The van der Waals surface area contributed by atoms with Crippen LogP contribution in [0.25, 0.3) is 0 Å². The summed E-state index contributed by atoms with van der Waals surface area (Å²) in [5.41, 5.74) is 0.741. The molecule has 0 aliphatic carbocycles. The molecular formula is C15H24N4O5S. The maximum Gasteiger partial charge on any atom is 0.351 e. The minimum absolute atomic E-state index is 0.0328. The van der Waals surface area contributed by atoms with Crippen molar-refractivity contribution >= 4 is 34.7 Å². The first-order valence-corrected chi connectivity index (χ1v) is 8.90. The number of carbonyl (C=O) groups excluding carboxylic acids is 4. The van der Waals surface area contributed by atoms with Crippen molar-refractivity contribution < 1.29 is 24.0 Å². The molecule has 10 heteroatoms. The van der Waals surface area contributed by atoms with Crippen LogP contribution in [0.15, 0.2) is 12.3 Å². The minimum atomic E-state index is -0.676. The Balaban J connectivity index is 2.01. The average molecular weight is 372 g/mol. The van der Waals surface area contributed by atoms with E-state index in [1.54, 1.807) is 0 Å². The SMILES string of the molecule is C=C(CSC(C)=O)NCCNCC(=O)NCC(=O)ON1CCCC1=O. The van der Waals surface area contributed by atoms with E-state index in [2.05, 4.69) is 22.5 Å². The van der Waals surface area contributed by atoms with Gasteiger partial charge in [0.15, 0.2) is 5.12 Å². The molecule has 0 aromatic heterocycles. The highest BCUT2D eigenvalue weighted by Gasteiger charge is 2.24. The standard InChI is InChI=1S/C15H24N4O5S/c1-11(10-25-12(2)20)17-6-5-16-8-13(21)18-9-15(23)24-19-7-3-4-14(19)22/h16-17H,1,3-10H2,2H3,(H,18,21). The molecule has 0 atom stereocenters. The number of hydrogen-bond donors (Lipinski definition) is 3. The van der Waals surface area contributed by atoms with Gasteiger partial charge in [-0.15, -0.1) is 0 Å². The normalized spacial score (nSPS) is 13.5. The molecule has 1 aliphatic rings. The molecule has 1 saturated heterocycles. The van der Waals surface area contributed by atoms with Gasteiger partial charge in [0.1, 0.15) is 6.54 Å². The molecule has 2 amide bonds. The van der Waals surface area contributed by atoms with Crippen molar-refractivity contribution in [3.63, 3.8) is 0 Å². The third-order valence-electron chi connectivity index (χ3n) is 3.08. The molecule has 9 nitrogen and oxygen atoms in total. The van der Waals surface area contributed by atoms with Crippen molar-refractivity contribution in [2.24, 2.45) is 0 Å². The van der Waals surface area contributed by atoms with Crippen LogP contribution in [0.5, 0.6) is 0 Å². The van der Waals surface area contributed by atoms with Crippen molar-refractivity contribution in [2.75, 3.05) is 38.5 Å². The number of hydrogen-bond acceptors (Lipinski definition) is 8. The second-order valence-corrected chi connectivity index (χ2v) is 6.48. The molecule has 0 bridgehead atoms. The molecule has 0 radical (unpaired) electrons. The Kier molecular flexibility index (Phi) is 9.63. The summed E-state index contributed by atoms with van der Waals surface area (Å²) in [6.45, 7) is 6.51. The Morgan fingerprint density at radius 2 is 2.00 bits per heavy atom. The molecule has 0 unspecified atom stereocenters. The van der Waals surface area contributed by atoms with E-state index in [1.807, 2.05) is 0 Å². The third kappa shape index (κ3) is 9.72. The number of amides is 2. The highest BCUT2D eigenvalue weighted by molar-refractivity contribution is 8.13. The number of rotatable bonds is 11. The quantitative estimate of drug-likeness (QED) is 0.402. The van der Waals surface area contributed by atoms with E-state index in [0.29, 0.717) is 38.2 Å². The van der Waals surface area contributed by atoms with Gasteiger partial charge < -0.3 is 20.8 Å². The number of hydroxylamine groups is 2. The fourth-order valence-electron chi connectivity index (χ4n) is 1.88. The highest BCUT2D eigenvalue weighted by Crippen LogP contribution is 2.09. The van der Waals surface area contributed by atoms with E-state index in [-0.39, 0.29) is 30.0 Å². The highest BCUT2D eigenvalue weighted by atomic mass is 32.2. The van der Waals surface area contributed by atoms with Crippen molar-refractivity contribution in [3.8, 4) is 0 Å². The monoisotopic (exact) mass is 372 g/mol. The van der Waals surface area contributed by atoms with Crippen LogP contribution in [0.4, 0.5) is 0 Å². The smallest absolute Gasteiger partial charge is 0.351 e. The van der Waals surface area contributed by atoms with Gasteiger partial charge in [-0.2, -0.15) is 5.06 Å². The molecule has 0 saturated carbocycles. The molecule has 1 rings (SSSR count). The predicted molar refractivity (Wildman–Crippen MR) is 93.2 cm³/mol. The van der Waals surface area contributed by atoms with E-state index in [4.69, 9.17) is 4.84 Å². The van der Waals surface area contributed by atoms with Crippen LogP contribution in [0.2, 0.25) is 0 Å². The summed E-state index contributed by atoms with van der Waals surface area (Å²) in [4.78, 5) is 50.0. The van der Waals surface area contributed by atoms with Gasteiger partial charge in [0.2, 0.25) is 5.91 Å². The van der Waals surface area contributed by atoms with Crippen molar-refractivity contribution in [1.29, 1.82) is 0 Å². The lowest BCUT2D eigenvalue weighted by molar-refractivity contribution is -0.192. The van der Waals surface area contributed by atoms with Gasteiger partial charge >= 0.3 is 5.97 Å². The Morgan fingerprint density at radius 1 is 1.24 bits per heavy atom. The number of carbonyl (C=O) groups is 4. The lowest BCUT2D eigenvalue weighted by Crippen LogP contribution is -2.40. The molecule has 25 heavy (non-hydrogen) atoms.